The average molecular weight is 276 g/mol. The summed E-state index contributed by atoms with van der Waals surface area (Å²) in [4.78, 5) is 14.1. The third kappa shape index (κ3) is 3.51. The molecule has 1 saturated heterocycles. The smallest absolute Gasteiger partial charge is 0.237 e. The van der Waals surface area contributed by atoms with Gasteiger partial charge in [0.2, 0.25) is 5.91 Å². The molecule has 1 N–H and O–H groups in total. The van der Waals surface area contributed by atoms with Gasteiger partial charge < -0.3 is 10.1 Å². The molecule has 0 bridgehead atoms. The van der Waals surface area contributed by atoms with Gasteiger partial charge in [0, 0.05) is 19.2 Å². The highest BCUT2D eigenvalue weighted by Gasteiger charge is 2.30. The number of para-hydroxylation sites is 1. The molecule has 20 heavy (non-hydrogen) atoms. The Bertz CT molecular complexity index is 460. The number of carbonyl (C=O) groups is 1. The molecule has 0 radical (unpaired) electrons. The Balaban J connectivity index is 2.11. The maximum absolute atomic E-state index is 11.9. The predicted molar refractivity (Wildman–Crippen MR) is 79.7 cm³/mol. The van der Waals surface area contributed by atoms with Gasteiger partial charge in [-0.3, -0.25) is 9.69 Å². The molecular weight excluding hydrogens is 252 g/mol. The quantitative estimate of drug-likeness (QED) is 0.896. The van der Waals surface area contributed by atoms with Gasteiger partial charge in [-0.25, -0.2) is 0 Å². The van der Waals surface area contributed by atoms with Crippen molar-refractivity contribution in [3.63, 3.8) is 0 Å². The third-order valence-electron chi connectivity index (χ3n) is 3.62. The fraction of sp³-hybridized carbons (Fsp3) is 0.562. The van der Waals surface area contributed by atoms with Crippen molar-refractivity contribution < 1.29 is 9.53 Å². The first-order valence-corrected chi connectivity index (χ1v) is 7.32. The van der Waals surface area contributed by atoms with Crippen LogP contribution in [0.3, 0.4) is 0 Å². The number of benzene rings is 1. The number of ether oxygens (including phenoxy) is 1. The first-order valence-electron chi connectivity index (χ1n) is 7.32. The molecule has 1 heterocycles. The topological polar surface area (TPSA) is 41.6 Å². The molecule has 0 aliphatic carbocycles. The molecule has 1 amide bonds. The third-order valence-corrected chi connectivity index (χ3v) is 3.62. The lowest BCUT2D eigenvalue weighted by molar-refractivity contribution is -0.125. The second-order valence-electron chi connectivity index (χ2n) is 5.52. The van der Waals surface area contributed by atoms with Crippen molar-refractivity contribution >= 4 is 5.91 Å². The second-order valence-corrected chi connectivity index (χ2v) is 5.52. The van der Waals surface area contributed by atoms with E-state index < -0.39 is 0 Å². The summed E-state index contributed by atoms with van der Waals surface area (Å²) in [7, 11) is 1.70. The summed E-state index contributed by atoms with van der Waals surface area (Å²) in [5.74, 6) is 1.04. The van der Waals surface area contributed by atoms with Crippen LogP contribution in [0.15, 0.2) is 24.3 Å². The molecule has 1 fully saturated rings. The van der Waals surface area contributed by atoms with E-state index in [0.717, 1.165) is 37.2 Å². The summed E-state index contributed by atoms with van der Waals surface area (Å²) in [5, 5.41) is 2.76. The fourth-order valence-corrected chi connectivity index (χ4v) is 2.70. The number of hydrogen-bond acceptors (Lipinski definition) is 3. The molecule has 1 aromatic carbocycles. The maximum Gasteiger partial charge on any atom is 0.237 e. The van der Waals surface area contributed by atoms with E-state index in [1.165, 1.54) is 0 Å². The monoisotopic (exact) mass is 276 g/mol. The van der Waals surface area contributed by atoms with Gasteiger partial charge >= 0.3 is 0 Å². The van der Waals surface area contributed by atoms with Crippen LogP contribution in [-0.2, 0) is 11.3 Å². The van der Waals surface area contributed by atoms with Crippen LogP contribution in [0.25, 0.3) is 0 Å². The molecule has 1 aliphatic heterocycles. The number of amides is 1. The highest BCUT2D eigenvalue weighted by Crippen LogP contribution is 2.25. The Hall–Kier alpha value is -1.55. The Labute approximate surface area is 121 Å². The fourth-order valence-electron chi connectivity index (χ4n) is 2.70. The van der Waals surface area contributed by atoms with E-state index in [1.54, 1.807) is 7.05 Å². The highest BCUT2D eigenvalue weighted by atomic mass is 16.5. The van der Waals surface area contributed by atoms with Gasteiger partial charge in [0.05, 0.1) is 12.1 Å². The molecule has 0 spiro atoms. The van der Waals surface area contributed by atoms with Gasteiger partial charge in [0.15, 0.2) is 0 Å². The van der Waals surface area contributed by atoms with Gasteiger partial charge in [0.1, 0.15) is 5.75 Å². The Kier molecular flexibility index (Phi) is 5.01. The summed E-state index contributed by atoms with van der Waals surface area (Å²) in [6.07, 6.45) is 2.17. The number of rotatable bonds is 5. The van der Waals surface area contributed by atoms with Gasteiger partial charge in [-0.15, -0.1) is 0 Å². The van der Waals surface area contributed by atoms with Gasteiger partial charge in [0.25, 0.3) is 0 Å². The van der Waals surface area contributed by atoms with Crippen molar-refractivity contribution in [1.29, 1.82) is 0 Å². The Morgan fingerprint density at radius 1 is 1.45 bits per heavy atom. The number of carbonyl (C=O) groups excluding carboxylic acids is 1. The zero-order chi connectivity index (χ0) is 14.5. The van der Waals surface area contributed by atoms with Gasteiger partial charge in [-0.05, 0) is 39.3 Å². The first kappa shape index (κ1) is 14.9. The standard InChI is InChI=1S/C16H24N2O2/c1-12(2)20-15-9-5-4-7-13(15)11-18-10-6-8-14(18)16(19)17-3/h4-5,7,9,12,14H,6,8,10-11H2,1-3H3,(H,17,19)/t14-/m1/s1. The molecule has 110 valence electrons. The lowest BCUT2D eigenvalue weighted by atomic mass is 10.1. The van der Waals surface area contributed by atoms with E-state index in [4.69, 9.17) is 4.74 Å². The van der Waals surface area contributed by atoms with Gasteiger partial charge in [-0.2, -0.15) is 0 Å². The van der Waals surface area contributed by atoms with E-state index >= 15 is 0 Å². The van der Waals surface area contributed by atoms with Crippen molar-refractivity contribution in [1.82, 2.24) is 10.2 Å². The molecule has 4 heteroatoms. The zero-order valence-corrected chi connectivity index (χ0v) is 12.6. The van der Waals surface area contributed by atoms with E-state index in [9.17, 15) is 4.79 Å². The van der Waals surface area contributed by atoms with Crippen molar-refractivity contribution in [3.8, 4) is 5.75 Å². The van der Waals surface area contributed by atoms with E-state index in [-0.39, 0.29) is 18.1 Å². The normalized spacial score (nSPS) is 19.3. The summed E-state index contributed by atoms with van der Waals surface area (Å²) in [5.41, 5.74) is 1.15. The van der Waals surface area contributed by atoms with Crippen molar-refractivity contribution in [2.75, 3.05) is 13.6 Å². The van der Waals surface area contributed by atoms with Gasteiger partial charge in [-0.1, -0.05) is 18.2 Å². The summed E-state index contributed by atoms with van der Waals surface area (Å²) in [6.45, 7) is 5.79. The molecule has 0 unspecified atom stereocenters. The predicted octanol–water partition coefficient (Wildman–Crippen LogP) is 2.18. The summed E-state index contributed by atoms with van der Waals surface area (Å²) in [6, 6.07) is 8.08. The van der Waals surface area contributed by atoms with Crippen molar-refractivity contribution in [3.05, 3.63) is 29.8 Å². The lowest BCUT2D eigenvalue weighted by Crippen LogP contribution is -2.41. The van der Waals surface area contributed by atoms with Crippen LogP contribution in [0.2, 0.25) is 0 Å². The van der Waals surface area contributed by atoms with Crippen LogP contribution in [0.5, 0.6) is 5.75 Å². The summed E-state index contributed by atoms with van der Waals surface area (Å²) < 4.78 is 5.85. The SMILES string of the molecule is CNC(=O)[C@H]1CCCN1Cc1ccccc1OC(C)C. The number of hydrogen-bond donors (Lipinski definition) is 1. The number of nitrogens with zero attached hydrogens (tertiary/aromatic N) is 1. The summed E-state index contributed by atoms with van der Waals surface area (Å²) >= 11 is 0. The maximum atomic E-state index is 11.9. The number of nitrogens with one attached hydrogen (secondary N) is 1. The lowest BCUT2D eigenvalue weighted by Gasteiger charge is -2.24. The van der Waals surface area contributed by atoms with Crippen LogP contribution in [-0.4, -0.2) is 36.5 Å². The van der Waals surface area contributed by atoms with Crippen LogP contribution >= 0.6 is 0 Å². The zero-order valence-electron chi connectivity index (χ0n) is 12.6. The van der Waals surface area contributed by atoms with E-state index in [2.05, 4.69) is 16.3 Å². The molecule has 0 aromatic heterocycles. The van der Waals surface area contributed by atoms with Crippen molar-refractivity contribution in [2.24, 2.45) is 0 Å². The largest absolute Gasteiger partial charge is 0.491 e. The average Bonchev–Trinajstić information content (AvgIpc) is 2.88. The number of likely N-dealkylation sites (N-methyl/N-ethyl adjacent to an activating group) is 1. The molecule has 4 nitrogen and oxygen atoms in total. The minimum Gasteiger partial charge on any atom is -0.491 e. The molecule has 1 aliphatic rings. The Morgan fingerprint density at radius 3 is 2.90 bits per heavy atom. The molecule has 1 aromatic rings. The van der Waals surface area contributed by atoms with Crippen LogP contribution in [0.4, 0.5) is 0 Å². The first-order chi connectivity index (χ1) is 9.61. The van der Waals surface area contributed by atoms with Crippen LogP contribution in [0, 0.1) is 0 Å². The van der Waals surface area contributed by atoms with Crippen LogP contribution < -0.4 is 10.1 Å². The Morgan fingerprint density at radius 2 is 2.20 bits per heavy atom. The molecule has 0 saturated carbocycles. The second kappa shape index (κ2) is 6.75. The minimum absolute atomic E-state index is 0.00731. The number of likely N-dealkylation sites (tertiary alicyclic amines) is 1. The molecule has 1 atom stereocenters. The molecular formula is C16H24N2O2. The van der Waals surface area contributed by atoms with Crippen LogP contribution in [0.1, 0.15) is 32.3 Å². The minimum atomic E-state index is -0.00731. The molecule has 2 rings (SSSR count). The van der Waals surface area contributed by atoms with E-state index in [0.29, 0.717) is 0 Å². The highest BCUT2D eigenvalue weighted by molar-refractivity contribution is 5.81. The van der Waals surface area contributed by atoms with Crippen molar-refractivity contribution in [2.45, 2.75) is 45.4 Å². The van der Waals surface area contributed by atoms with E-state index in [1.807, 2.05) is 32.0 Å².